The van der Waals surface area contributed by atoms with Crippen LogP contribution in [-0.2, 0) is 0 Å². The molecule has 0 fully saturated rings. The van der Waals surface area contributed by atoms with Crippen LogP contribution in [0.2, 0.25) is 0 Å². The van der Waals surface area contributed by atoms with Gasteiger partial charge < -0.3 is 20.4 Å². The first kappa shape index (κ1) is 11.4. The number of benzene rings is 1. The Morgan fingerprint density at radius 1 is 1.00 bits per heavy atom. The highest BCUT2D eigenvalue weighted by Gasteiger charge is 2.42. The number of alkyl halides is 3. The normalized spacial score (nSPS) is 13.9. The molecule has 0 saturated carbocycles. The third kappa shape index (κ3) is 2.24. The van der Waals surface area contributed by atoms with Gasteiger partial charge in [-0.25, -0.2) is 0 Å². The van der Waals surface area contributed by atoms with Gasteiger partial charge in [0, 0.05) is 12.1 Å². The molecule has 15 heavy (non-hydrogen) atoms. The lowest BCUT2D eigenvalue weighted by atomic mass is 10.1. The van der Waals surface area contributed by atoms with E-state index in [1.165, 1.54) is 0 Å². The zero-order chi connectivity index (χ0) is 11.8. The van der Waals surface area contributed by atoms with Crippen LogP contribution in [0.4, 0.5) is 13.2 Å². The lowest BCUT2D eigenvalue weighted by molar-refractivity contribution is -0.207. The minimum absolute atomic E-state index is 0.587. The van der Waals surface area contributed by atoms with Gasteiger partial charge in [-0.15, -0.1) is 0 Å². The summed E-state index contributed by atoms with van der Waals surface area (Å²) in [6.07, 6.45) is -8.01. The Morgan fingerprint density at radius 3 is 1.73 bits per heavy atom. The summed E-state index contributed by atoms with van der Waals surface area (Å²) >= 11 is 0. The van der Waals surface area contributed by atoms with Crippen molar-refractivity contribution in [3.63, 3.8) is 0 Å². The van der Waals surface area contributed by atoms with Crippen molar-refractivity contribution in [2.75, 3.05) is 0 Å². The molecule has 1 aromatic carbocycles. The van der Waals surface area contributed by atoms with E-state index in [-0.39, 0.29) is 0 Å². The van der Waals surface area contributed by atoms with E-state index < -0.39 is 35.1 Å². The van der Waals surface area contributed by atoms with Gasteiger partial charge >= 0.3 is 6.18 Å². The monoisotopic (exact) mass is 224 g/mol. The summed E-state index contributed by atoms with van der Waals surface area (Å²) < 4.78 is 36.2. The van der Waals surface area contributed by atoms with Gasteiger partial charge in [0.15, 0.2) is 6.10 Å². The molecule has 0 spiro atoms. The van der Waals surface area contributed by atoms with Gasteiger partial charge in [0.2, 0.25) is 0 Å². The molecule has 4 N–H and O–H groups in total. The second kappa shape index (κ2) is 3.50. The Hall–Kier alpha value is -1.63. The van der Waals surface area contributed by atoms with Gasteiger partial charge in [-0.2, -0.15) is 13.2 Å². The average molecular weight is 224 g/mol. The first-order valence-corrected chi connectivity index (χ1v) is 3.73. The molecular formula is C8H7F3O4. The molecule has 0 amide bonds. The van der Waals surface area contributed by atoms with Crippen LogP contribution in [0, 0.1) is 0 Å². The summed E-state index contributed by atoms with van der Waals surface area (Å²) in [4.78, 5) is 0. The van der Waals surface area contributed by atoms with Crippen molar-refractivity contribution in [2.24, 2.45) is 0 Å². The highest BCUT2D eigenvalue weighted by Crippen LogP contribution is 2.43. The molecular weight excluding hydrogens is 217 g/mol. The average Bonchev–Trinajstić information content (AvgIpc) is 1.99. The minimum atomic E-state index is -5.01. The van der Waals surface area contributed by atoms with Crippen LogP contribution in [0.25, 0.3) is 0 Å². The maximum absolute atomic E-state index is 12.1. The number of phenolic OH excluding ortho intramolecular Hbond substituents is 3. The fourth-order valence-corrected chi connectivity index (χ4v) is 1.05. The van der Waals surface area contributed by atoms with Gasteiger partial charge in [-0.3, -0.25) is 0 Å². The predicted molar refractivity (Wildman–Crippen MR) is 42.5 cm³/mol. The fraction of sp³-hybridized carbons (Fsp3) is 0.250. The van der Waals surface area contributed by atoms with Crippen molar-refractivity contribution in [3.8, 4) is 17.2 Å². The van der Waals surface area contributed by atoms with Crippen LogP contribution in [0.15, 0.2) is 12.1 Å². The van der Waals surface area contributed by atoms with Crippen LogP contribution in [0.3, 0.4) is 0 Å². The van der Waals surface area contributed by atoms with E-state index in [2.05, 4.69) is 0 Å². The molecule has 1 atom stereocenters. The molecule has 0 aromatic heterocycles. The number of phenols is 3. The molecule has 0 aliphatic heterocycles. The van der Waals surface area contributed by atoms with Gasteiger partial charge in [0.25, 0.3) is 0 Å². The number of hydrogen-bond donors (Lipinski definition) is 4. The van der Waals surface area contributed by atoms with Crippen molar-refractivity contribution in [2.45, 2.75) is 12.3 Å². The zero-order valence-corrected chi connectivity index (χ0v) is 7.15. The summed E-state index contributed by atoms with van der Waals surface area (Å²) in [5.74, 6) is -2.67. The molecule has 0 radical (unpaired) electrons. The first-order chi connectivity index (χ1) is 6.73. The number of aromatic hydroxyl groups is 3. The van der Waals surface area contributed by atoms with Crippen LogP contribution >= 0.6 is 0 Å². The van der Waals surface area contributed by atoms with Crippen molar-refractivity contribution < 1.29 is 33.6 Å². The Kier molecular flexibility index (Phi) is 2.67. The van der Waals surface area contributed by atoms with E-state index >= 15 is 0 Å². The molecule has 0 saturated heterocycles. The maximum Gasteiger partial charge on any atom is 0.418 e. The van der Waals surface area contributed by atoms with Gasteiger partial charge in [0.05, 0.1) is 5.56 Å². The number of hydrogen-bond acceptors (Lipinski definition) is 4. The van der Waals surface area contributed by atoms with Crippen LogP contribution in [-0.4, -0.2) is 26.6 Å². The van der Waals surface area contributed by atoms with E-state index in [9.17, 15) is 13.2 Å². The number of rotatable bonds is 1. The Balaban J connectivity index is 3.26. The van der Waals surface area contributed by atoms with E-state index in [0.717, 1.165) is 0 Å². The van der Waals surface area contributed by atoms with Gasteiger partial charge in [-0.1, -0.05) is 0 Å². The predicted octanol–water partition coefficient (Wildman–Crippen LogP) is 1.40. The molecule has 0 aliphatic rings. The lowest BCUT2D eigenvalue weighted by Gasteiger charge is -2.17. The maximum atomic E-state index is 12.1. The minimum Gasteiger partial charge on any atom is -0.508 e. The summed E-state index contributed by atoms with van der Waals surface area (Å²) in [5.41, 5.74) is -1.08. The third-order valence-electron chi connectivity index (χ3n) is 1.70. The zero-order valence-electron chi connectivity index (χ0n) is 7.15. The second-order valence-corrected chi connectivity index (χ2v) is 2.84. The van der Waals surface area contributed by atoms with E-state index in [4.69, 9.17) is 20.4 Å². The van der Waals surface area contributed by atoms with Crippen LogP contribution in [0.5, 0.6) is 17.2 Å². The van der Waals surface area contributed by atoms with Crippen molar-refractivity contribution >= 4 is 0 Å². The smallest absolute Gasteiger partial charge is 0.418 e. The van der Waals surface area contributed by atoms with Crippen molar-refractivity contribution in [1.82, 2.24) is 0 Å². The molecule has 0 bridgehead atoms. The Morgan fingerprint density at radius 2 is 1.40 bits per heavy atom. The fourth-order valence-electron chi connectivity index (χ4n) is 1.05. The summed E-state index contributed by atoms with van der Waals surface area (Å²) in [7, 11) is 0. The quantitative estimate of drug-likeness (QED) is 0.581. The standard InChI is InChI=1S/C8H7F3O4/c9-8(10,11)7(15)6-4(13)1-3(12)2-5(6)14/h1-2,7,12-15H/t7-/m1/s1. The topological polar surface area (TPSA) is 80.9 Å². The second-order valence-electron chi connectivity index (χ2n) is 2.84. The van der Waals surface area contributed by atoms with Crippen LogP contribution in [0.1, 0.15) is 11.7 Å². The first-order valence-electron chi connectivity index (χ1n) is 3.73. The molecule has 4 nitrogen and oxygen atoms in total. The third-order valence-corrected chi connectivity index (χ3v) is 1.70. The van der Waals surface area contributed by atoms with E-state index in [1.807, 2.05) is 0 Å². The summed E-state index contributed by atoms with van der Waals surface area (Å²) in [5, 5.41) is 35.7. The molecule has 0 unspecified atom stereocenters. The number of aliphatic hydroxyl groups excluding tert-OH is 1. The molecule has 0 aliphatic carbocycles. The molecule has 7 heteroatoms. The van der Waals surface area contributed by atoms with Gasteiger partial charge in [-0.05, 0) is 0 Å². The molecule has 1 aromatic rings. The summed E-state index contributed by atoms with van der Waals surface area (Å²) in [6.45, 7) is 0. The molecule has 0 heterocycles. The van der Waals surface area contributed by atoms with Crippen molar-refractivity contribution in [1.29, 1.82) is 0 Å². The Bertz CT molecular complexity index is 352. The highest BCUT2D eigenvalue weighted by atomic mass is 19.4. The number of aliphatic hydroxyl groups is 1. The molecule has 84 valence electrons. The van der Waals surface area contributed by atoms with Crippen molar-refractivity contribution in [3.05, 3.63) is 17.7 Å². The lowest BCUT2D eigenvalue weighted by Crippen LogP contribution is -2.20. The van der Waals surface area contributed by atoms with Crippen LogP contribution < -0.4 is 0 Å². The highest BCUT2D eigenvalue weighted by molar-refractivity contribution is 5.50. The number of halogens is 3. The Labute approximate surface area is 81.8 Å². The molecule has 1 rings (SSSR count). The van der Waals surface area contributed by atoms with E-state index in [0.29, 0.717) is 12.1 Å². The largest absolute Gasteiger partial charge is 0.508 e. The SMILES string of the molecule is Oc1cc(O)c([C@@H](O)C(F)(F)F)c(O)c1. The van der Waals surface area contributed by atoms with E-state index in [1.54, 1.807) is 0 Å². The van der Waals surface area contributed by atoms with Gasteiger partial charge in [0.1, 0.15) is 17.2 Å². The summed E-state index contributed by atoms with van der Waals surface area (Å²) in [6, 6.07) is 1.17.